The summed E-state index contributed by atoms with van der Waals surface area (Å²) < 4.78 is 1.11. The van der Waals surface area contributed by atoms with Crippen molar-refractivity contribution in [1.29, 1.82) is 0 Å². The van der Waals surface area contributed by atoms with Gasteiger partial charge in [-0.2, -0.15) is 0 Å². The molecule has 0 aliphatic carbocycles. The zero-order valence-corrected chi connectivity index (χ0v) is 8.06. The number of rotatable bonds is 5. The highest BCUT2D eigenvalue weighted by Gasteiger charge is 2.11. The fourth-order valence-corrected chi connectivity index (χ4v) is 1.33. The van der Waals surface area contributed by atoms with Crippen molar-refractivity contribution in [3.63, 3.8) is 0 Å². The molecule has 0 aromatic rings. The predicted octanol–water partition coefficient (Wildman–Crippen LogP) is 1.89. The van der Waals surface area contributed by atoms with Gasteiger partial charge < -0.3 is 4.48 Å². The molecule has 1 nitrogen and oxygen atoms in total. The van der Waals surface area contributed by atoms with Gasteiger partial charge in [-0.25, -0.2) is 0 Å². The van der Waals surface area contributed by atoms with E-state index in [4.69, 9.17) is 6.42 Å². The third-order valence-electron chi connectivity index (χ3n) is 1.91. The highest BCUT2D eigenvalue weighted by atomic mass is 15.3. The number of hydrogen-bond acceptors (Lipinski definition) is 0. The molecule has 0 spiro atoms. The van der Waals surface area contributed by atoms with Crippen molar-refractivity contribution in [2.75, 3.05) is 27.2 Å². The highest BCUT2D eigenvalue weighted by Crippen LogP contribution is 2.02. The third-order valence-corrected chi connectivity index (χ3v) is 1.91. The normalized spacial score (nSPS) is 11.1. The Morgan fingerprint density at radius 1 is 1.27 bits per heavy atom. The SMILES string of the molecule is C#CCCC[N+](C)(C)CCC. The largest absolute Gasteiger partial charge is 0.328 e. The van der Waals surface area contributed by atoms with Crippen LogP contribution in [0.4, 0.5) is 0 Å². The lowest BCUT2D eigenvalue weighted by Crippen LogP contribution is -2.40. The van der Waals surface area contributed by atoms with E-state index >= 15 is 0 Å². The number of nitrogens with zero attached hydrogens (tertiary/aromatic N) is 1. The van der Waals surface area contributed by atoms with Gasteiger partial charge in [0.2, 0.25) is 0 Å². The van der Waals surface area contributed by atoms with Crippen LogP contribution in [0.5, 0.6) is 0 Å². The van der Waals surface area contributed by atoms with E-state index in [1.54, 1.807) is 0 Å². The summed E-state index contributed by atoms with van der Waals surface area (Å²) in [6, 6.07) is 0. The van der Waals surface area contributed by atoms with Gasteiger partial charge in [0, 0.05) is 12.8 Å². The van der Waals surface area contributed by atoms with Crippen molar-refractivity contribution >= 4 is 0 Å². The quantitative estimate of drug-likeness (QED) is 0.322. The number of terminal acetylenes is 1. The first-order valence-electron chi connectivity index (χ1n) is 4.38. The maximum Gasteiger partial charge on any atom is 0.0791 e. The van der Waals surface area contributed by atoms with Crippen molar-refractivity contribution in [3.8, 4) is 12.3 Å². The van der Waals surface area contributed by atoms with Crippen LogP contribution >= 0.6 is 0 Å². The molecule has 0 aromatic carbocycles. The Labute approximate surface area is 71.0 Å². The fourth-order valence-electron chi connectivity index (χ4n) is 1.33. The Hall–Kier alpha value is -0.480. The van der Waals surface area contributed by atoms with Crippen LogP contribution < -0.4 is 0 Å². The molecule has 64 valence electrons. The number of quaternary nitrogens is 1. The molecular formula is C10H20N+. The topological polar surface area (TPSA) is 0 Å². The molecule has 0 unspecified atom stereocenters. The summed E-state index contributed by atoms with van der Waals surface area (Å²) >= 11 is 0. The summed E-state index contributed by atoms with van der Waals surface area (Å²) in [6.45, 7) is 4.68. The fraction of sp³-hybridized carbons (Fsp3) is 0.800. The standard InChI is InChI=1S/C10H20N/c1-5-7-8-10-11(3,4)9-6-2/h1H,6-10H2,2-4H3/q+1. The first-order valence-corrected chi connectivity index (χ1v) is 4.38. The van der Waals surface area contributed by atoms with Gasteiger partial charge in [0.1, 0.15) is 0 Å². The smallest absolute Gasteiger partial charge is 0.0791 e. The molecule has 0 heterocycles. The van der Waals surface area contributed by atoms with Crippen LogP contribution in [0.2, 0.25) is 0 Å². The summed E-state index contributed by atoms with van der Waals surface area (Å²) in [4.78, 5) is 0. The molecule has 0 bridgehead atoms. The molecule has 0 aliphatic rings. The van der Waals surface area contributed by atoms with Crippen LogP contribution in [0.3, 0.4) is 0 Å². The van der Waals surface area contributed by atoms with Crippen molar-refractivity contribution in [2.24, 2.45) is 0 Å². The van der Waals surface area contributed by atoms with E-state index in [1.807, 2.05) is 0 Å². The second kappa shape index (κ2) is 5.21. The van der Waals surface area contributed by atoms with Gasteiger partial charge in [0.15, 0.2) is 0 Å². The summed E-state index contributed by atoms with van der Waals surface area (Å²) in [5.74, 6) is 2.67. The van der Waals surface area contributed by atoms with E-state index in [1.165, 1.54) is 19.5 Å². The van der Waals surface area contributed by atoms with Crippen LogP contribution in [0.15, 0.2) is 0 Å². The summed E-state index contributed by atoms with van der Waals surface area (Å²) in [6.07, 6.45) is 8.51. The first kappa shape index (κ1) is 10.5. The molecule has 0 saturated heterocycles. The molecule has 11 heavy (non-hydrogen) atoms. The van der Waals surface area contributed by atoms with E-state index in [0.29, 0.717) is 0 Å². The predicted molar refractivity (Wildman–Crippen MR) is 50.2 cm³/mol. The van der Waals surface area contributed by atoms with Gasteiger partial charge in [0.05, 0.1) is 27.2 Å². The van der Waals surface area contributed by atoms with Crippen molar-refractivity contribution < 1.29 is 4.48 Å². The van der Waals surface area contributed by atoms with Gasteiger partial charge in [0.25, 0.3) is 0 Å². The average Bonchev–Trinajstić information content (AvgIpc) is 1.87. The van der Waals surface area contributed by atoms with Crippen LogP contribution in [-0.2, 0) is 0 Å². The number of unbranched alkanes of at least 4 members (excludes halogenated alkanes) is 1. The number of hydrogen-bond donors (Lipinski definition) is 0. The summed E-state index contributed by atoms with van der Waals surface area (Å²) in [5.41, 5.74) is 0. The highest BCUT2D eigenvalue weighted by molar-refractivity contribution is 4.82. The van der Waals surface area contributed by atoms with Crippen molar-refractivity contribution in [3.05, 3.63) is 0 Å². The van der Waals surface area contributed by atoms with Crippen molar-refractivity contribution in [1.82, 2.24) is 0 Å². The maximum absolute atomic E-state index is 5.17. The van der Waals surface area contributed by atoms with Crippen LogP contribution in [-0.4, -0.2) is 31.7 Å². The molecule has 0 N–H and O–H groups in total. The van der Waals surface area contributed by atoms with Crippen molar-refractivity contribution in [2.45, 2.75) is 26.2 Å². The molecule has 0 amide bonds. The minimum Gasteiger partial charge on any atom is -0.328 e. The molecule has 0 fully saturated rings. The van der Waals surface area contributed by atoms with Gasteiger partial charge in [-0.1, -0.05) is 6.92 Å². The summed E-state index contributed by atoms with van der Waals surface area (Å²) in [7, 11) is 4.53. The lowest BCUT2D eigenvalue weighted by Gasteiger charge is -2.29. The Morgan fingerprint density at radius 3 is 2.36 bits per heavy atom. The molecular weight excluding hydrogens is 134 g/mol. The molecule has 0 aliphatic heterocycles. The second-order valence-electron chi connectivity index (χ2n) is 3.69. The van der Waals surface area contributed by atoms with Crippen LogP contribution in [0.25, 0.3) is 0 Å². The van der Waals surface area contributed by atoms with Gasteiger partial charge >= 0.3 is 0 Å². The summed E-state index contributed by atoms with van der Waals surface area (Å²) in [5, 5.41) is 0. The third kappa shape index (κ3) is 5.94. The molecule has 0 atom stereocenters. The zero-order chi connectivity index (χ0) is 8.74. The average molecular weight is 154 g/mol. The maximum atomic E-state index is 5.17. The van der Waals surface area contributed by atoms with Crippen LogP contribution in [0, 0.1) is 12.3 Å². The zero-order valence-electron chi connectivity index (χ0n) is 8.06. The van der Waals surface area contributed by atoms with Gasteiger partial charge in [-0.15, -0.1) is 12.3 Å². The van der Waals surface area contributed by atoms with E-state index in [2.05, 4.69) is 26.9 Å². The van der Waals surface area contributed by atoms with E-state index in [-0.39, 0.29) is 0 Å². The molecule has 0 aromatic heterocycles. The Balaban J connectivity index is 3.48. The first-order chi connectivity index (χ1) is 5.12. The molecule has 0 radical (unpaired) electrons. The van der Waals surface area contributed by atoms with Gasteiger partial charge in [-0.3, -0.25) is 0 Å². The molecule has 0 rings (SSSR count). The van der Waals surface area contributed by atoms with Gasteiger partial charge in [-0.05, 0) is 6.42 Å². The minimum atomic E-state index is 0.922. The minimum absolute atomic E-state index is 0.922. The Bertz CT molecular complexity index is 130. The van der Waals surface area contributed by atoms with E-state index in [9.17, 15) is 0 Å². The second-order valence-corrected chi connectivity index (χ2v) is 3.69. The lowest BCUT2D eigenvalue weighted by atomic mass is 10.2. The van der Waals surface area contributed by atoms with Crippen LogP contribution in [0.1, 0.15) is 26.2 Å². The lowest BCUT2D eigenvalue weighted by molar-refractivity contribution is -0.890. The molecule has 0 saturated carbocycles. The van der Waals surface area contributed by atoms with E-state index in [0.717, 1.165) is 17.3 Å². The monoisotopic (exact) mass is 154 g/mol. The Morgan fingerprint density at radius 2 is 1.91 bits per heavy atom. The van der Waals surface area contributed by atoms with E-state index < -0.39 is 0 Å². The Kier molecular flexibility index (Phi) is 4.98. The molecule has 1 heteroatoms.